The van der Waals surface area contributed by atoms with Gasteiger partial charge in [0.1, 0.15) is 5.69 Å². The summed E-state index contributed by atoms with van der Waals surface area (Å²) in [7, 11) is 0. The van der Waals surface area contributed by atoms with Crippen LogP contribution in [0.5, 0.6) is 0 Å². The summed E-state index contributed by atoms with van der Waals surface area (Å²) in [6.07, 6.45) is 0.834. The summed E-state index contributed by atoms with van der Waals surface area (Å²) in [6.45, 7) is 1.93. The quantitative estimate of drug-likeness (QED) is 0.483. The fourth-order valence-corrected chi connectivity index (χ4v) is 1.85. The third kappa shape index (κ3) is 2.93. The third-order valence-electron chi connectivity index (χ3n) is 1.70. The van der Waals surface area contributed by atoms with E-state index in [1.54, 1.807) is 0 Å². The van der Waals surface area contributed by atoms with Crippen LogP contribution in [0, 0.1) is 10.1 Å². The average molecular weight is 242 g/mol. The maximum atomic E-state index is 10.7. The van der Waals surface area contributed by atoms with Gasteiger partial charge in [-0.15, -0.1) is 0 Å². The van der Waals surface area contributed by atoms with Crippen LogP contribution in [-0.2, 0) is 0 Å². The molecule has 0 saturated carbocycles. The molecule has 1 heterocycles. The second kappa shape index (κ2) is 5.45. The molecule has 6 nitrogen and oxygen atoms in total. The predicted octanol–water partition coefficient (Wildman–Crippen LogP) is 2.19. The number of thioether (sulfide) groups is 1. The highest BCUT2D eigenvalue weighted by atomic mass is 32.2. The number of aromatic nitrogens is 1. The molecule has 0 fully saturated rings. The van der Waals surface area contributed by atoms with E-state index in [0.717, 1.165) is 12.5 Å². The molecule has 0 amide bonds. The molecule has 0 aliphatic heterocycles. The summed E-state index contributed by atoms with van der Waals surface area (Å²) in [6, 6.07) is 2.31. The van der Waals surface area contributed by atoms with Gasteiger partial charge in [0.2, 0.25) is 0 Å². The lowest BCUT2D eigenvalue weighted by atomic mass is 10.3. The highest BCUT2D eigenvalue weighted by Gasteiger charge is 2.18. The van der Waals surface area contributed by atoms with Crippen molar-refractivity contribution in [1.82, 2.24) is 4.98 Å². The lowest BCUT2D eigenvalue weighted by Gasteiger charge is -2.01. The first kappa shape index (κ1) is 12.4. The van der Waals surface area contributed by atoms with Crippen molar-refractivity contribution in [2.45, 2.75) is 18.4 Å². The number of nitro groups is 1. The van der Waals surface area contributed by atoms with Crippen LogP contribution in [0.4, 0.5) is 5.69 Å². The number of hydrogen-bond acceptors (Lipinski definition) is 5. The van der Waals surface area contributed by atoms with Crippen molar-refractivity contribution in [3.63, 3.8) is 0 Å². The standard InChI is InChI=1S/C9H10N2O4S/c1-2-5-16-8-7(11(14)15)4-3-6(10-8)9(12)13/h3-4H,2,5H2,1H3,(H,12,13). The van der Waals surface area contributed by atoms with Crippen LogP contribution in [0.2, 0.25) is 0 Å². The molecule has 86 valence electrons. The van der Waals surface area contributed by atoms with E-state index in [9.17, 15) is 14.9 Å². The molecule has 1 rings (SSSR count). The van der Waals surface area contributed by atoms with Crippen LogP contribution in [0.1, 0.15) is 23.8 Å². The molecule has 0 atom stereocenters. The zero-order valence-electron chi connectivity index (χ0n) is 8.54. The van der Waals surface area contributed by atoms with Crippen molar-refractivity contribution in [2.24, 2.45) is 0 Å². The van der Waals surface area contributed by atoms with Gasteiger partial charge in [-0.05, 0) is 18.2 Å². The third-order valence-corrected chi connectivity index (χ3v) is 2.89. The first-order valence-corrected chi connectivity index (χ1v) is 5.56. The van der Waals surface area contributed by atoms with E-state index < -0.39 is 10.9 Å². The Balaban J connectivity index is 3.10. The van der Waals surface area contributed by atoms with Crippen molar-refractivity contribution >= 4 is 23.4 Å². The summed E-state index contributed by atoms with van der Waals surface area (Å²) in [5.41, 5.74) is -0.326. The predicted molar refractivity (Wildman–Crippen MR) is 58.9 cm³/mol. The lowest BCUT2D eigenvalue weighted by Crippen LogP contribution is -2.03. The summed E-state index contributed by atoms with van der Waals surface area (Å²) < 4.78 is 0. The Morgan fingerprint density at radius 3 is 2.81 bits per heavy atom. The molecule has 0 aliphatic rings. The smallest absolute Gasteiger partial charge is 0.354 e. The Hall–Kier alpha value is -1.63. The number of rotatable bonds is 5. The molecular weight excluding hydrogens is 232 g/mol. The molecule has 16 heavy (non-hydrogen) atoms. The van der Waals surface area contributed by atoms with E-state index in [1.807, 2.05) is 6.92 Å². The molecule has 0 spiro atoms. The van der Waals surface area contributed by atoms with Crippen LogP contribution in [0.25, 0.3) is 0 Å². The molecule has 1 aromatic heterocycles. The molecule has 0 unspecified atom stereocenters. The number of carboxylic acids is 1. The van der Waals surface area contributed by atoms with Gasteiger partial charge in [0.05, 0.1) is 4.92 Å². The molecular formula is C9H10N2O4S. The van der Waals surface area contributed by atoms with E-state index >= 15 is 0 Å². The summed E-state index contributed by atoms with van der Waals surface area (Å²) in [5.74, 6) is -0.523. The second-order valence-electron chi connectivity index (χ2n) is 2.93. The number of pyridine rings is 1. The summed E-state index contributed by atoms with van der Waals surface area (Å²) >= 11 is 1.19. The van der Waals surface area contributed by atoms with Gasteiger partial charge >= 0.3 is 11.7 Å². The second-order valence-corrected chi connectivity index (χ2v) is 4.02. The molecule has 7 heteroatoms. The van der Waals surface area contributed by atoms with Gasteiger partial charge in [-0.25, -0.2) is 9.78 Å². The topological polar surface area (TPSA) is 93.3 Å². The van der Waals surface area contributed by atoms with Crippen molar-refractivity contribution < 1.29 is 14.8 Å². The Morgan fingerprint density at radius 1 is 1.62 bits per heavy atom. The normalized spacial score (nSPS) is 10.1. The zero-order valence-corrected chi connectivity index (χ0v) is 9.36. The van der Waals surface area contributed by atoms with Crippen molar-refractivity contribution in [3.8, 4) is 0 Å². The maximum absolute atomic E-state index is 10.7. The van der Waals surface area contributed by atoms with Gasteiger partial charge in [-0.1, -0.05) is 18.7 Å². The van der Waals surface area contributed by atoms with Crippen molar-refractivity contribution in [1.29, 1.82) is 0 Å². The van der Waals surface area contributed by atoms with Gasteiger partial charge in [0, 0.05) is 6.07 Å². The molecule has 0 saturated heterocycles. The van der Waals surface area contributed by atoms with Crippen LogP contribution in [0.15, 0.2) is 17.2 Å². The number of carbonyl (C=O) groups is 1. The van der Waals surface area contributed by atoms with Gasteiger partial charge in [-0.3, -0.25) is 10.1 Å². The van der Waals surface area contributed by atoms with Crippen LogP contribution in [0.3, 0.4) is 0 Å². The number of carboxylic acid groups (broad SMARTS) is 1. The van der Waals surface area contributed by atoms with E-state index in [2.05, 4.69) is 4.98 Å². The maximum Gasteiger partial charge on any atom is 0.354 e. The summed E-state index contributed by atoms with van der Waals surface area (Å²) in [4.78, 5) is 24.5. The van der Waals surface area contributed by atoms with Crippen LogP contribution in [-0.4, -0.2) is 26.7 Å². The lowest BCUT2D eigenvalue weighted by molar-refractivity contribution is -0.388. The minimum absolute atomic E-state index is 0.150. The van der Waals surface area contributed by atoms with Crippen molar-refractivity contribution in [3.05, 3.63) is 27.9 Å². The Labute approximate surface area is 95.8 Å². The van der Waals surface area contributed by atoms with Gasteiger partial charge in [0.25, 0.3) is 0 Å². The molecule has 1 N–H and O–H groups in total. The molecule has 0 aromatic carbocycles. The number of aromatic carboxylic acids is 1. The first-order valence-electron chi connectivity index (χ1n) is 4.57. The molecule has 1 aromatic rings. The number of hydrogen-bond donors (Lipinski definition) is 1. The average Bonchev–Trinajstić information content (AvgIpc) is 2.25. The highest BCUT2D eigenvalue weighted by Crippen LogP contribution is 2.27. The fraction of sp³-hybridized carbons (Fsp3) is 0.333. The van der Waals surface area contributed by atoms with E-state index in [4.69, 9.17) is 5.11 Å². The fourth-order valence-electron chi connectivity index (χ4n) is 0.996. The largest absolute Gasteiger partial charge is 0.477 e. The highest BCUT2D eigenvalue weighted by molar-refractivity contribution is 7.99. The Bertz CT molecular complexity index is 422. The summed E-state index contributed by atoms with van der Waals surface area (Å²) in [5, 5.41) is 19.6. The van der Waals surface area contributed by atoms with E-state index in [1.165, 1.54) is 17.8 Å². The zero-order chi connectivity index (χ0) is 12.1. The molecule has 0 radical (unpaired) electrons. The van der Waals surface area contributed by atoms with E-state index in [0.29, 0.717) is 5.75 Å². The Morgan fingerprint density at radius 2 is 2.31 bits per heavy atom. The molecule has 0 aliphatic carbocycles. The first-order chi connectivity index (χ1) is 7.56. The monoisotopic (exact) mass is 242 g/mol. The van der Waals surface area contributed by atoms with Crippen LogP contribution < -0.4 is 0 Å². The van der Waals surface area contributed by atoms with Gasteiger partial charge < -0.3 is 5.11 Å². The Kier molecular flexibility index (Phi) is 4.24. The minimum atomic E-state index is -1.19. The van der Waals surface area contributed by atoms with Crippen LogP contribution >= 0.6 is 11.8 Å². The van der Waals surface area contributed by atoms with Crippen molar-refractivity contribution in [2.75, 3.05) is 5.75 Å². The minimum Gasteiger partial charge on any atom is -0.477 e. The molecule has 0 bridgehead atoms. The van der Waals surface area contributed by atoms with E-state index in [-0.39, 0.29) is 16.4 Å². The number of nitrogens with zero attached hydrogens (tertiary/aromatic N) is 2. The van der Waals surface area contributed by atoms with Gasteiger partial charge in [-0.2, -0.15) is 0 Å². The van der Waals surface area contributed by atoms with Gasteiger partial charge in [0.15, 0.2) is 5.03 Å². The SMILES string of the molecule is CCCSc1nc(C(=O)O)ccc1[N+](=O)[O-].